The largest absolute Gasteiger partial charge is 0.467 e. The van der Waals surface area contributed by atoms with Gasteiger partial charge >= 0.3 is 5.97 Å². The van der Waals surface area contributed by atoms with E-state index in [2.05, 4.69) is 46.4 Å². The molecule has 0 bridgehead atoms. The number of rotatable bonds is 10. The molecule has 8 heterocycles. The van der Waals surface area contributed by atoms with E-state index < -0.39 is 71.7 Å². The highest BCUT2D eigenvalue weighted by Crippen LogP contribution is 2.67. The molecule has 0 amide bonds. The van der Waals surface area contributed by atoms with Gasteiger partial charge in [-0.05, 0) is 89.0 Å². The number of thioether (sulfide) groups is 1. The number of aliphatic hydroxyl groups excluding tert-OH is 3. The molecule has 8 aliphatic rings. The number of methoxy groups -OCH3 is 1. The van der Waals surface area contributed by atoms with Crippen LogP contribution in [0.4, 0.5) is 0 Å². The molecule has 19 unspecified atom stereocenters. The Morgan fingerprint density at radius 2 is 1.78 bits per heavy atom. The van der Waals surface area contributed by atoms with E-state index in [4.69, 9.17) is 37.9 Å². The first kappa shape index (κ1) is 44.5. The number of fused-ring (bicyclic) bond motifs is 3. The number of esters is 1. The Kier molecular flexibility index (Phi) is 12.6. The molecule has 0 aromatic rings. The molecule has 0 aromatic heterocycles. The van der Waals surface area contributed by atoms with Gasteiger partial charge in [-0.3, -0.25) is 0 Å². The maximum atomic E-state index is 12.3. The van der Waals surface area contributed by atoms with E-state index in [1.165, 1.54) is 14.0 Å². The molecule has 0 aromatic carbocycles. The van der Waals surface area contributed by atoms with Gasteiger partial charge in [-0.15, -0.1) is 11.8 Å². The van der Waals surface area contributed by atoms with Crippen LogP contribution in [0.15, 0.2) is 24.3 Å². The molecule has 4 N–H and O–H groups in total. The van der Waals surface area contributed by atoms with Crippen molar-refractivity contribution in [2.45, 2.75) is 219 Å². The maximum absolute atomic E-state index is 12.3. The summed E-state index contributed by atoms with van der Waals surface area (Å²) in [5, 5.41) is 45.3. The summed E-state index contributed by atoms with van der Waals surface area (Å²) in [5.41, 5.74) is -1.29. The zero-order chi connectivity index (χ0) is 42.1. The van der Waals surface area contributed by atoms with Crippen LogP contribution in [-0.4, -0.2) is 134 Å². The average Bonchev–Trinajstić information content (AvgIpc) is 3.77. The smallest absolute Gasteiger partial charge is 0.337 e. The van der Waals surface area contributed by atoms with E-state index >= 15 is 0 Å². The minimum absolute atomic E-state index is 0.0328. The quantitative estimate of drug-likeness (QED) is 0.128. The molecule has 3 spiro atoms. The molecule has 19 atom stereocenters. The summed E-state index contributed by atoms with van der Waals surface area (Å²) in [4.78, 5) is 12.3. The van der Waals surface area contributed by atoms with Crippen molar-refractivity contribution >= 4 is 17.7 Å². The van der Waals surface area contributed by atoms with Crippen LogP contribution in [0.25, 0.3) is 0 Å². The SMILES string of the molecule is C=C1C(O)C2OC3(CCC(/C=C/C(C)C4CC5(C)SC5C5(OC(CC(C)(O)C(=O)OC)CCC5O)O4)O3)CCC2OC1C(O)CC(C)C1OC2(CCCCO2)CCC1C. The van der Waals surface area contributed by atoms with E-state index in [9.17, 15) is 25.2 Å². The summed E-state index contributed by atoms with van der Waals surface area (Å²) in [6, 6.07) is 0. The molecular formula is C45H70O13S. The van der Waals surface area contributed by atoms with Gasteiger partial charge < -0.3 is 58.3 Å². The molecule has 8 aliphatic heterocycles. The minimum Gasteiger partial charge on any atom is -0.467 e. The van der Waals surface area contributed by atoms with Gasteiger partial charge in [-0.25, -0.2) is 4.79 Å². The highest BCUT2D eigenvalue weighted by Gasteiger charge is 2.72. The lowest BCUT2D eigenvalue weighted by Gasteiger charge is -2.50. The highest BCUT2D eigenvalue weighted by atomic mass is 32.2. The Labute approximate surface area is 354 Å². The lowest BCUT2D eigenvalue weighted by molar-refractivity contribution is -0.350. The van der Waals surface area contributed by atoms with Crippen molar-refractivity contribution in [3.63, 3.8) is 0 Å². The number of ether oxygens (including phenoxy) is 8. The number of aliphatic hydroxyl groups is 4. The van der Waals surface area contributed by atoms with E-state index in [0.717, 1.165) is 51.6 Å². The van der Waals surface area contributed by atoms with Crippen molar-refractivity contribution in [1.82, 2.24) is 0 Å². The van der Waals surface area contributed by atoms with Gasteiger partial charge in [0, 0.05) is 42.8 Å². The van der Waals surface area contributed by atoms with Crippen LogP contribution in [0.5, 0.6) is 0 Å². The normalized spacial score (nSPS) is 48.6. The van der Waals surface area contributed by atoms with Crippen molar-refractivity contribution in [3.05, 3.63) is 24.3 Å². The first-order valence-corrected chi connectivity index (χ1v) is 23.4. The molecule has 334 valence electrons. The molecule has 59 heavy (non-hydrogen) atoms. The van der Waals surface area contributed by atoms with Crippen LogP contribution in [-0.2, 0) is 42.7 Å². The standard InChI is InChI=1S/C45H70O13S/c1-25(33-24-42(6)39(59-42)45(56-33)34(47)13-12-30(55-45)23-41(5,50)40(49)51-7)10-11-29-15-19-44(54-29)20-16-32-38(58-44)35(48)28(4)37(53-32)31(46)22-27(3)36-26(2)14-18-43(57-36)17-8-9-21-52-43/h10-11,25-27,29-39,46-48,50H,4,8-9,12-24H2,1-3,5-7H3/b11-10+. The monoisotopic (exact) mass is 850 g/mol. The van der Waals surface area contributed by atoms with Crippen molar-refractivity contribution in [2.24, 2.45) is 17.8 Å². The average molecular weight is 851 g/mol. The van der Waals surface area contributed by atoms with Gasteiger partial charge in [0.2, 0.25) is 5.79 Å². The summed E-state index contributed by atoms with van der Waals surface area (Å²) in [6.07, 6.45) is 8.66. The fourth-order valence-electron chi connectivity index (χ4n) is 11.5. The first-order valence-electron chi connectivity index (χ1n) is 22.5. The third-order valence-electron chi connectivity index (χ3n) is 15.0. The second-order valence-corrected chi connectivity index (χ2v) is 21.5. The van der Waals surface area contributed by atoms with Crippen LogP contribution in [0.3, 0.4) is 0 Å². The van der Waals surface area contributed by atoms with E-state index in [-0.39, 0.29) is 46.6 Å². The summed E-state index contributed by atoms with van der Waals surface area (Å²) in [6.45, 7) is 15.0. The van der Waals surface area contributed by atoms with Crippen LogP contribution in [0, 0.1) is 17.8 Å². The van der Waals surface area contributed by atoms with Gasteiger partial charge in [0.25, 0.3) is 0 Å². The van der Waals surface area contributed by atoms with Crippen LogP contribution in [0.2, 0.25) is 0 Å². The fourth-order valence-corrected chi connectivity index (χ4v) is 12.9. The zero-order valence-electron chi connectivity index (χ0n) is 35.9. The predicted octanol–water partition coefficient (Wildman–Crippen LogP) is 5.23. The number of hydrogen-bond acceptors (Lipinski definition) is 14. The zero-order valence-corrected chi connectivity index (χ0v) is 36.7. The Morgan fingerprint density at radius 3 is 2.53 bits per heavy atom. The van der Waals surface area contributed by atoms with Crippen molar-refractivity contribution in [2.75, 3.05) is 13.7 Å². The Bertz CT molecular complexity index is 1570. The molecule has 8 saturated heterocycles. The third-order valence-corrected chi connectivity index (χ3v) is 16.8. The van der Waals surface area contributed by atoms with Gasteiger partial charge in [-0.1, -0.05) is 39.5 Å². The molecule has 8 fully saturated rings. The van der Waals surface area contributed by atoms with Gasteiger partial charge in [0.05, 0.1) is 55.6 Å². The summed E-state index contributed by atoms with van der Waals surface area (Å²) < 4.78 is 50.6. The van der Waals surface area contributed by atoms with E-state index in [1.807, 2.05) is 0 Å². The molecule has 8 rings (SSSR count). The van der Waals surface area contributed by atoms with Gasteiger partial charge in [-0.2, -0.15) is 0 Å². The lowest BCUT2D eigenvalue weighted by Crippen LogP contribution is -2.63. The van der Waals surface area contributed by atoms with Gasteiger partial charge in [0.1, 0.15) is 24.4 Å². The molecule has 0 radical (unpaired) electrons. The van der Waals surface area contributed by atoms with E-state index in [1.54, 1.807) is 11.8 Å². The molecule has 0 saturated carbocycles. The second-order valence-electron chi connectivity index (χ2n) is 19.9. The van der Waals surface area contributed by atoms with Crippen LogP contribution in [0.1, 0.15) is 125 Å². The molecule has 14 heteroatoms. The molecule has 13 nitrogen and oxygen atoms in total. The van der Waals surface area contributed by atoms with Crippen molar-refractivity contribution < 1.29 is 63.1 Å². The Balaban J connectivity index is 0.851. The Morgan fingerprint density at radius 1 is 1.02 bits per heavy atom. The topological polar surface area (TPSA) is 172 Å². The van der Waals surface area contributed by atoms with Gasteiger partial charge in [0.15, 0.2) is 17.2 Å². The fraction of sp³-hybridized carbons (Fsp3) is 0.889. The minimum atomic E-state index is -1.72. The second kappa shape index (κ2) is 16.8. The maximum Gasteiger partial charge on any atom is 0.337 e. The van der Waals surface area contributed by atoms with E-state index in [0.29, 0.717) is 50.0 Å². The lowest BCUT2D eigenvalue weighted by atomic mass is 9.79. The summed E-state index contributed by atoms with van der Waals surface area (Å²) in [7, 11) is 1.25. The summed E-state index contributed by atoms with van der Waals surface area (Å²) >= 11 is 1.75. The summed E-state index contributed by atoms with van der Waals surface area (Å²) in [5.74, 6) is -2.94. The first-order chi connectivity index (χ1) is 27.9. The van der Waals surface area contributed by atoms with Crippen molar-refractivity contribution in [3.8, 4) is 0 Å². The highest BCUT2D eigenvalue weighted by molar-refractivity contribution is 8.08. The third kappa shape index (κ3) is 8.62. The van der Waals surface area contributed by atoms with Crippen molar-refractivity contribution in [1.29, 1.82) is 0 Å². The number of hydrogen-bond donors (Lipinski definition) is 4. The number of carbonyl (C=O) groups is 1. The predicted molar refractivity (Wildman–Crippen MR) is 218 cm³/mol. The molecule has 0 aliphatic carbocycles. The number of carbonyl (C=O) groups excluding carboxylic acids is 1. The Hall–Kier alpha value is -1.14. The molecular weight excluding hydrogens is 781 g/mol. The van der Waals surface area contributed by atoms with Crippen LogP contribution < -0.4 is 0 Å². The van der Waals surface area contributed by atoms with Crippen LogP contribution >= 0.6 is 11.8 Å².